The van der Waals surface area contributed by atoms with Crippen molar-refractivity contribution in [2.45, 2.75) is 51.9 Å². The van der Waals surface area contributed by atoms with Gasteiger partial charge in [-0.05, 0) is 24.0 Å². The summed E-state index contributed by atoms with van der Waals surface area (Å²) < 4.78 is 0. The Hall–Kier alpha value is -2.35. The minimum Gasteiger partial charge on any atom is -0.348 e. The van der Waals surface area contributed by atoms with Crippen LogP contribution in [0.3, 0.4) is 0 Å². The molecule has 0 fully saturated rings. The Morgan fingerprint density at radius 3 is 2.32 bits per heavy atom. The molecule has 1 heterocycles. The van der Waals surface area contributed by atoms with Crippen LogP contribution in [-0.2, 0) is 12.8 Å². The van der Waals surface area contributed by atoms with E-state index in [1.165, 1.54) is 55.2 Å². The van der Waals surface area contributed by atoms with E-state index in [-0.39, 0.29) is 0 Å². The number of benzene rings is 2. The number of hydrogen-bond donors (Lipinski definition) is 1. The van der Waals surface area contributed by atoms with Gasteiger partial charge in [-0.3, -0.25) is 0 Å². The average Bonchev–Trinajstić information content (AvgIpc) is 3.11. The molecule has 0 bridgehead atoms. The van der Waals surface area contributed by atoms with E-state index in [4.69, 9.17) is 4.98 Å². The third-order valence-electron chi connectivity index (χ3n) is 4.66. The van der Waals surface area contributed by atoms with Crippen LogP contribution in [0.25, 0.3) is 11.3 Å². The molecule has 0 saturated carbocycles. The molecular weight excluding hydrogens is 304 g/mol. The molecule has 1 aromatic heterocycles. The van der Waals surface area contributed by atoms with Gasteiger partial charge in [0, 0.05) is 18.2 Å². The van der Waals surface area contributed by atoms with Crippen LogP contribution < -0.4 is 0 Å². The molecule has 1 N–H and O–H groups in total. The maximum Gasteiger partial charge on any atom is 0.111 e. The van der Waals surface area contributed by atoms with Crippen molar-refractivity contribution in [3.8, 4) is 11.3 Å². The van der Waals surface area contributed by atoms with Crippen LogP contribution in [0.1, 0.15) is 56.0 Å². The third kappa shape index (κ3) is 5.32. The van der Waals surface area contributed by atoms with Crippen LogP contribution >= 0.6 is 0 Å². The molecule has 25 heavy (non-hydrogen) atoms. The fourth-order valence-corrected chi connectivity index (χ4v) is 3.16. The summed E-state index contributed by atoms with van der Waals surface area (Å²) in [5.74, 6) is 1.02. The second kappa shape index (κ2) is 9.22. The molecule has 0 spiro atoms. The van der Waals surface area contributed by atoms with Crippen molar-refractivity contribution >= 4 is 0 Å². The van der Waals surface area contributed by atoms with E-state index in [1.54, 1.807) is 0 Å². The van der Waals surface area contributed by atoms with Crippen LogP contribution in [0.2, 0.25) is 0 Å². The number of unbranched alkanes of at least 4 members (excludes halogenated alkanes) is 4. The average molecular weight is 332 g/mol. The highest BCUT2D eigenvalue weighted by molar-refractivity contribution is 5.58. The van der Waals surface area contributed by atoms with Crippen LogP contribution in [0.4, 0.5) is 0 Å². The Morgan fingerprint density at radius 2 is 1.56 bits per heavy atom. The second-order valence-electron chi connectivity index (χ2n) is 6.76. The molecule has 130 valence electrons. The van der Waals surface area contributed by atoms with E-state index in [2.05, 4.69) is 60.4 Å². The lowest BCUT2D eigenvalue weighted by Crippen LogP contribution is -1.90. The Kier molecular flexibility index (Phi) is 6.44. The predicted molar refractivity (Wildman–Crippen MR) is 106 cm³/mol. The Morgan fingerprint density at radius 1 is 0.800 bits per heavy atom. The number of rotatable bonds is 9. The van der Waals surface area contributed by atoms with E-state index < -0.39 is 0 Å². The van der Waals surface area contributed by atoms with Crippen LogP contribution in [0.5, 0.6) is 0 Å². The van der Waals surface area contributed by atoms with Crippen LogP contribution in [0.15, 0.2) is 60.8 Å². The van der Waals surface area contributed by atoms with Gasteiger partial charge in [-0.2, -0.15) is 0 Å². The summed E-state index contributed by atoms with van der Waals surface area (Å²) in [7, 11) is 0. The molecule has 0 aliphatic heterocycles. The molecule has 3 aromatic rings. The van der Waals surface area contributed by atoms with Crippen molar-refractivity contribution in [1.29, 1.82) is 0 Å². The van der Waals surface area contributed by atoms with Gasteiger partial charge in [0.25, 0.3) is 0 Å². The smallest absolute Gasteiger partial charge is 0.111 e. The SMILES string of the molecule is CCCCCCCc1ccc(-c2c[nH]c(Cc3ccccc3)n2)cc1. The van der Waals surface area contributed by atoms with E-state index in [1.807, 2.05) is 12.3 Å². The fraction of sp³-hybridized carbons (Fsp3) is 0.348. The van der Waals surface area contributed by atoms with Crippen molar-refractivity contribution in [3.05, 3.63) is 77.7 Å². The number of hydrogen-bond acceptors (Lipinski definition) is 1. The molecule has 0 amide bonds. The first-order chi connectivity index (χ1) is 12.3. The van der Waals surface area contributed by atoms with Gasteiger partial charge in [-0.15, -0.1) is 0 Å². The molecule has 0 radical (unpaired) electrons. The fourth-order valence-electron chi connectivity index (χ4n) is 3.16. The lowest BCUT2D eigenvalue weighted by Gasteiger charge is -2.03. The van der Waals surface area contributed by atoms with E-state index in [9.17, 15) is 0 Å². The molecule has 3 rings (SSSR count). The minimum absolute atomic E-state index is 0.844. The maximum atomic E-state index is 4.75. The van der Waals surface area contributed by atoms with Crippen molar-refractivity contribution < 1.29 is 0 Å². The summed E-state index contributed by atoms with van der Waals surface area (Å²) in [5.41, 5.74) is 4.92. The summed E-state index contributed by atoms with van der Waals surface area (Å²) in [4.78, 5) is 8.06. The number of nitrogens with one attached hydrogen (secondary N) is 1. The molecule has 0 atom stereocenters. The lowest BCUT2D eigenvalue weighted by molar-refractivity contribution is 0.632. The number of aryl methyl sites for hydroxylation is 1. The van der Waals surface area contributed by atoms with Gasteiger partial charge < -0.3 is 4.98 Å². The molecule has 0 unspecified atom stereocenters. The Balaban J connectivity index is 1.55. The monoisotopic (exact) mass is 332 g/mol. The van der Waals surface area contributed by atoms with Gasteiger partial charge in [0.15, 0.2) is 0 Å². The minimum atomic E-state index is 0.844. The largest absolute Gasteiger partial charge is 0.348 e. The highest BCUT2D eigenvalue weighted by atomic mass is 14.9. The highest BCUT2D eigenvalue weighted by Gasteiger charge is 2.05. The van der Waals surface area contributed by atoms with Crippen LogP contribution in [-0.4, -0.2) is 9.97 Å². The van der Waals surface area contributed by atoms with Gasteiger partial charge in [-0.1, -0.05) is 87.2 Å². The van der Waals surface area contributed by atoms with Gasteiger partial charge in [0.2, 0.25) is 0 Å². The number of nitrogens with zero attached hydrogens (tertiary/aromatic N) is 1. The van der Waals surface area contributed by atoms with Crippen LogP contribution in [0, 0.1) is 0 Å². The van der Waals surface area contributed by atoms with Crippen molar-refractivity contribution in [3.63, 3.8) is 0 Å². The van der Waals surface area contributed by atoms with Crippen molar-refractivity contribution in [2.24, 2.45) is 0 Å². The Bertz CT molecular complexity index is 741. The predicted octanol–water partition coefficient (Wildman–Crippen LogP) is 6.18. The third-order valence-corrected chi connectivity index (χ3v) is 4.66. The second-order valence-corrected chi connectivity index (χ2v) is 6.76. The lowest BCUT2D eigenvalue weighted by atomic mass is 10.0. The van der Waals surface area contributed by atoms with Gasteiger partial charge >= 0.3 is 0 Å². The summed E-state index contributed by atoms with van der Waals surface area (Å²) in [6, 6.07) is 19.4. The van der Waals surface area contributed by atoms with E-state index >= 15 is 0 Å². The molecule has 0 saturated heterocycles. The first-order valence-electron chi connectivity index (χ1n) is 9.52. The van der Waals surface area contributed by atoms with Crippen molar-refractivity contribution in [2.75, 3.05) is 0 Å². The Labute approximate surface area is 151 Å². The first-order valence-corrected chi connectivity index (χ1v) is 9.52. The molecule has 2 heteroatoms. The van der Waals surface area contributed by atoms with Gasteiger partial charge in [0.05, 0.1) is 5.69 Å². The highest BCUT2D eigenvalue weighted by Crippen LogP contribution is 2.20. The topological polar surface area (TPSA) is 28.7 Å². The number of imidazole rings is 1. The molecule has 2 nitrogen and oxygen atoms in total. The summed E-state index contributed by atoms with van der Waals surface area (Å²) in [6.45, 7) is 2.26. The zero-order valence-corrected chi connectivity index (χ0v) is 15.2. The number of aromatic amines is 1. The standard InChI is InChI=1S/C23H28N2/c1-2-3-4-5-7-10-19-13-15-21(16-14-19)22-18-24-23(25-22)17-20-11-8-6-9-12-20/h6,8-9,11-16,18H,2-5,7,10,17H2,1H3,(H,24,25). The van der Waals surface area contributed by atoms with E-state index in [0.717, 1.165) is 17.9 Å². The zero-order valence-electron chi connectivity index (χ0n) is 15.2. The summed E-state index contributed by atoms with van der Waals surface area (Å²) in [6.07, 6.45) is 10.7. The molecular formula is C23H28N2. The first kappa shape index (κ1) is 17.5. The summed E-state index contributed by atoms with van der Waals surface area (Å²) >= 11 is 0. The van der Waals surface area contributed by atoms with Gasteiger partial charge in [0.1, 0.15) is 5.82 Å². The quantitative estimate of drug-likeness (QED) is 0.466. The van der Waals surface area contributed by atoms with E-state index in [0.29, 0.717) is 0 Å². The molecule has 0 aliphatic carbocycles. The number of aromatic nitrogens is 2. The zero-order chi connectivity index (χ0) is 17.3. The van der Waals surface area contributed by atoms with Crippen molar-refractivity contribution in [1.82, 2.24) is 9.97 Å². The maximum absolute atomic E-state index is 4.75. The molecule has 2 aromatic carbocycles. The summed E-state index contributed by atoms with van der Waals surface area (Å²) in [5, 5.41) is 0. The normalized spacial score (nSPS) is 10.9. The van der Waals surface area contributed by atoms with Gasteiger partial charge in [-0.25, -0.2) is 4.98 Å². The molecule has 0 aliphatic rings. The number of H-pyrrole nitrogens is 1.